The van der Waals surface area contributed by atoms with Crippen LogP contribution in [0.5, 0.6) is 0 Å². The van der Waals surface area contributed by atoms with Gasteiger partial charge in [-0.2, -0.15) is 5.10 Å². The van der Waals surface area contributed by atoms with Crippen LogP contribution in [0.1, 0.15) is 11.1 Å². The standard InChI is InChI=1S/C10H10N4/c1-9-3-2-4-10(5-9)6-13-14-7-11-12-8-14/h2-8H,1H3. The lowest BCUT2D eigenvalue weighted by Crippen LogP contribution is -1.87. The van der Waals surface area contributed by atoms with Crippen molar-refractivity contribution in [3.8, 4) is 0 Å². The molecule has 0 aliphatic carbocycles. The normalized spacial score (nSPS) is 10.9. The van der Waals surface area contributed by atoms with Gasteiger partial charge in [0.1, 0.15) is 12.7 Å². The number of aryl methyl sites for hydroxylation is 1. The van der Waals surface area contributed by atoms with Crippen LogP contribution < -0.4 is 0 Å². The fraction of sp³-hybridized carbons (Fsp3) is 0.100. The van der Waals surface area contributed by atoms with Crippen molar-refractivity contribution in [1.29, 1.82) is 0 Å². The topological polar surface area (TPSA) is 43.1 Å². The highest BCUT2D eigenvalue weighted by molar-refractivity contribution is 5.79. The molecule has 0 atom stereocenters. The molecule has 0 N–H and O–H groups in total. The summed E-state index contributed by atoms with van der Waals surface area (Å²) in [6.45, 7) is 2.05. The summed E-state index contributed by atoms with van der Waals surface area (Å²) in [6, 6.07) is 8.12. The SMILES string of the molecule is Cc1cccc(C=Nn2cnnc2)c1. The van der Waals surface area contributed by atoms with E-state index < -0.39 is 0 Å². The summed E-state index contributed by atoms with van der Waals surface area (Å²) in [4.78, 5) is 0. The molecule has 2 rings (SSSR count). The van der Waals surface area contributed by atoms with Crippen LogP contribution in [0.15, 0.2) is 42.0 Å². The highest BCUT2D eigenvalue weighted by Gasteiger charge is 1.88. The van der Waals surface area contributed by atoms with Gasteiger partial charge in [0.15, 0.2) is 0 Å². The Morgan fingerprint density at radius 3 is 2.79 bits per heavy atom. The zero-order chi connectivity index (χ0) is 9.80. The Hall–Kier alpha value is -1.97. The van der Waals surface area contributed by atoms with Crippen LogP contribution >= 0.6 is 0 Å². The highest BCUT2D eigenvalue weighted by atomic mass is 15.4. The number of nitrogens with zero attached hydrogens (tertiary/aromatic N) is 4. The average molecular weight is 186 g/mol. The zero-order valence-corrected chi connectivity index (χ0v) is 7.83. The van der Waals surface area contributed by atoms with E-state index in [4.69, 9.17) is 0 Å². The molecule has 0 amide bonds. The van der Waals surface area contributed by atoms with Gasteiger partial charge in [-0.05, 0) is 12.5 Å². The highest BCUT2D eigenvalue weighted by Crippen LogP contribution is 2.00. The summed E-state index contributed by atoms with van der Waals surface area (Å²) in [5.41, 5.74) is 2.29. The number of hydrogen-bond acceptors (Lipinski definition) is 3. The monoisotopic (exact) mass is 186 g/mol. The molecular formula is C10H10N4. The predicted molar refractivity (Wildman–Crippen MR) is 54.2 cm³/mol. The van der Waals surface area contributed by atoms with Gasteiger partial charge < -0.3 is 0 Å². The molecule has 70 valence electrons. The average Bonchev–Trinajstić information content (AvgIpc) is 2.67. The molecule has 1 aromatic heterocycles. The van der Waals surface area contributed by atoms with E-state index in [0.717, 1.165) is 5.56 Å². The number of rotatable bonds is 2. The van der Waals surface area contributed by atoms with Gasteiger partial charge in [-0.25, -0.2) is 4.68 Å². The molecule has 0 aliphatic rings. The lowest BCUT2D eigenvalue weighted by Gasteiger charge is -1.94. The second-order valence-corrected chi connectivity index (χ2v) is 3.00. The first-order valence-electron chi connectivity index (χ1n) is 4.30. The van der Waals surface area contributed by atoms with Crippen molar-refractivity contribution >= 4 is 6.21 Å². The van der Waals surface area contributed by atoms with Gasteiger partial charge >= 0.3 is 0 Å². The Morgan fingerprint density at radius 2 is 2.07 bits per heavy atom. The quantitative estimate of drug-likeness (QED) is 0.666. The van der Waals surface area contributed by atoms with Crippen molar-refractivity contribution in [3.05, 3.63) is 48.0 Å². The molecule has 0 bridgehead atoms. The van der Waals surface area contributed by atoms with Gasteiger partial charge in [0.25, 0.3) is 0 Å². The van der Waals surface area contributed by atoms with Crippen molar-refractivity contribution in [2.75, 3.05) is 0 Å². The molecule has 0 fully saturated rings. The van der Waals surface area contributed by atoms with E-state index in [1.54, 1.807) is 23.5 Å². The molecule has 0 unspecified atom stereocenters. The third kappa shape index (κ3) is 2.04. The van der Waals surface area contributed by atoms with Crippen LogP contribution in [0.3, 0.4) is 0 Å². The third-order valence-electron chi connectivity index (χ3n) is 1.79. The van der Waals surface area contributed by atoms with E-state index in [0.29, 0.717) is 0 Å². The van der Waals surface area contributed by atoms with E-state index in [9.17, 15) is 0 Å². The summed E-state index contributed by atoms with van der Waals surface area (Å²) >= 11 is 0. The van der Waals surface area contributed by atoms with E-state index in [1.165, 1.54) is 5.56 Å². The summed E-state index contributed by atoms with van der Waals surface area (Å²) in [7, 11) is 0. The lowest BCUT2D eigenvalue weighted by molar-refractivity contribution is 0.878. The second kappa shape index (κ2) is 3.83. The fourth-order valence-corrected chi connectivity index (χ4v) is 1.14. The maximum Gasteiger partial charge on any atom is 0.141 e. The Bertz CT molecular complexity index is 431. The second-order valence-electron chi connectivity index (χ2n) is 3.00. The first kappa shape index (κ1) is 8.62. The van der Waals surface area contributed by atoms with Gasteiger partial charge in [-0.1, -0.05) is 29.8 Å². The molecule has 0 saturated carbocycles. The molecule has 0 aliphatic heterocycles. The van der Waals surface area contributed by atoms with E-state index in [2.05, 4.69) is 34.4 Å². The summed E-state index contributed by atoms with van der Waals surface area (Å²) in [6.07, 6.45) is 4.87. The molecule has 4 nitrogen and oxygen atoms in total. The van der Waals surface area contributed by atoms with Gasteiger partial charge in [-0.15, -0.1) is 10.2 Å². The van der Waals surface area contributed by atoms with Crippen molar-refractivity contribution in [2.24, 2.45) is 5.10 Å². The first-order valence-corrected chi connectivity index (χ1v) is 4.30. The molecule has 1 heterocycles. The fourth-order valence-electron chi connectivity index (χ4n) is 1.14. The van der Waals surface area contributed by atoms with Crippen molar-refractivity contribution in [1.82, 2.24) is 14.9 Å². The molecule has 0 saturated heterocycles. The summed E-state index contributed by atoms with van der Waals surface area (Å²) < 4.78 is 1.56. The first-order chi connectivity index (χ1) is 6.84. The van der Waals surface area contributed by atoms with Gasteiger partial charge in [0.05, 0.1) is 6.21 Å². The van der Waals surface area contributed by atoms with Crippen LogP contribution in [0.2, 0.25) is 0 Å². The predicted octanol–water partition coefficient (Wildman–Crippen LogP) is 1.47. The van der Waals surface area contributed by atoms with Crippen molar-refractivity contribution in [3.63, 3.8) is 0 Å². The van der Waals surface area contributed by atoms with Crippen LogP contribution in [-0.2, 0) is 0 Å². The smallest absolute Gasteiger partial charge is 0.141 e. The maximum atomic E-state index is 4.14. The van der Waals surface area contributed by atoms with Crippen LogP contribution in [-0.4, -0.2) is 21.1 Å². The van der Waals surface area contributed by atoms with Gasteiger partial charge in [0, 0.05) is 0 Å². The van der Waals surface area contributed by atoms with Gasteiger partial charge in [0.2, 0.25) is 0 Å². The lowest BCUT2D eigenvalue weighted by atomic mass is 10.2. The third-order valence-corrected chi connectivity index (χ3v) is 1.79. The minimum atomic E-state index is 1.07. The number of aromatic nitrogens is 3. The molecule has 0 spiro atoms. The molecule has 2 aromatic rings. The van der Waals surface area contributed by atoms with Crippen LogP contribution in [0.25, 0.3) is 0 Å². The Kier molecular flexibility index (Phi) is 2.36. The Labute approximate surface area is 81.9 Å². The number of hydrogen-bond donors (Lipinski definition) is 0. The largest absolute Gasteiger partial charge is 0.208 e. The van der Waals surface area contributed by atoms with Crippen LogP contribution in [0.4, 0.5) is 0 Å². The van der Waals surface area contributed by atoms with Crippen molar-refractivity contribution in [2.45, 2.75) is 6.92 Å². The minimum Gasteiger partial charge on any atom is -0.208 e. The molecule has 14 heavy (non-hydrogen) atoms. The molecule has 0 radical (unpaired) electrons. The van der Waals surface area contributed by atoms with E-state index in [1.807, 2.05) is 12.1 Å². The number of benzene rings is 1. The Balaban J connectivity index is 2.18. The van der Waals surface area contributed by atoms with Crippen molar-refractivity contribution < 1.29 is 0 Å². The summed E-state index contributed by atoms with van der Waals surface area (Å²) in [5, 5.41) is 11.4. The molecular weight excluding hydrogens is 176 g/mol. The summed E-state index contributed by atoms with van der Waals surface area (Å²) in [5.74, 6) is 0. The van der Waals surface area contributed by atoms with E-state index >= 15 is 0 Å². The van der Waals surface area contributed by atoms with E-state index in [-0.39, 0.29) is 0 Å². The molecule has 4 heteroatoms. The van der Waals surface area contributed by atoms with Crippen LogP contribution in [0, 0.1) is 6.92 Å². The maximum absolute atomic E-state index is 4.14. The van der Waals surface area contributed by atoms with Gasteiger partial charge in [-0.3, -0.25) is 0 Å². The Morgan fingerprint density at radius 1 is 1.29 bits per heavy atom. The zero-order valence-electron chi connectivity index (χ0n) is 7.83. The molecule has 1 aromatic carbocycles. The minimum absolute atomic E-state index is 1.07.